The predicted molar refractivity (Wildman–Crippen MR) is 70.0 cm³/mol. The Morgan fingerprint density at radius 3 is 2.53 bits per heavy atom. The topological polar surface area (TPSA) is 12.0 Å². The third kappa shape index (κ3) is 2.94. The van der Waals surface area contributed by atoms with Crippen LogP contribution in [0.15, 0.2) is 24.3 Å². The zero-order valence-corrected chi connectivity index (χ0v) is 11.5. The summed E-state index contributed by atoms with van der Waals surface area (Å²) in [6.45, 7) is 6.80. The van der Waals surface area contributed by atoms with E-state index in [0.29, 0.717) is 17.5 Å². The molecule has 106 valence electrons. The number of hydrogen-bond donors (Lipinski definition) is 1. The molecule has 0 amide bonds. The lowest BCUT2D eigenvalue weighted by Crippen LogP contribution is -2.27. The van der Waals surface area contributed by atoms with E-state index in [1.54, 1.807) is 12.1 Å². The van der Waals surface area contributed by atoms with Gasteiger partial charge in [-0.15, -0.1) is 0 Å². The summed E-state index contributed by atoms with van der Waals surface area (Å²) in [6, 6.07) is 6.33. The van der Waals surface area contributed by atoms with Crippen LogP contribution in [0.3, 0.4) is 0 Å². The van der Waals surface area contributed by atoms with E-state index in [1.807, 2.05) is 20.8 Å². The van der Waals surface area contributed by atoms with E-state index < -0.39 is 11.7 Å². The molecule has 1 N–H and O–H groups in total. The van der Waals surface area contributed by atoms with Gasteiger partial charge in [0.15, 0.2) is 0 Å². The molecule has 0 bridgehead atoms. The van der Waals surface area contributed by atoms with Gasteiger partial charge >= 0.3 is 6.18 Å². The van der Waals surface area contributed by atoms with E-state index in [1.165, 1.54) is 12.1 Å². The minimum absolute atomic E-state index is 0.290. The first-order valence-corrected chi connectivity index (χ1v) is 6.65. The van der Waals surface area contributed by atoms with Gasteiger partial charge in [0.05, 0.1) is 5.56 Å². The van der Waals surface area contributed by atoms with Crippen molar-refractivity contribution in [1.29, 1.82) is 0 Å². The van der Waals surface area contributed by atoms with E-state index in [4.69, 9.17) is 0 Å². The van der Waals surface area contributed by atoms with Crippen molar-refractivity contribution in [3.8, 4) is 0 Å². The molecule has 0 radical (unpaired) electrons. The van der Waals surface area contributed by atoms with Gasteiger partial charge in [0.25, 0.3) is 0 Å². The highest BCUT2D eigenvalue weighted by atomic mass is 19.4. The van der Waals surface area contributed by atoms with Gasteiger partial charge in [0.2, 0.25) is 0 Å². The summed E-state index contributed by atoms with van der Waals surface area (Å²) >= 11 is 0. The average molecular weight is 271 g/mol. The Bertz CT molecular complexity index is 453. The molecule has 0 spiro atoms. The number of rotatable bonds is 4. The highest BCUT2D eigenvalue weighted by molar-refractivity contribution is 5.41. The predicted octanol–water partition coefficient (Wildman–Crippen LogP) is 3.98. The normalized spacial score (nSPS) is 26.8. The Balaban J connectivity index is 2.20. The number of halogens is 3. The third-order valence-electron chi connectivity index (χ3n) is 4.03. The molecule has 0 heterocycles. The summed E-state index contributed by atoms with van der Waals surface area (Å²) in [4.78, 5) is 0. The molecule has 1 aromatic rings. The highest BCUT2D eigenvalue weighted by Crippen LogP contribution is 2.56. The van der Waals surface area contributed by atoms with Crippen molar-refractivity contribution < 1.29 is 13.2 Å². The van der Waals surface area contributed by atoms with Crippen LogP contribution in [-0.2, 0) is 11.6 Å². The number of nitrogens with one attached hydrogen (secondary N) is 1. The van der Waals surface area contributed by atoms with Crippen molar-refractivity contribution in [3.63, 3.8) is 0 Å². The molecule has 0 aliphatic heterocycles. The molecule has 2 atom stereocenters. The van der Waals surface area contributed by atoms with Crippen molar-refractivity contribution in [1.82, 2.24) is 5.32 Å². The fourth-order valence-corrected chi connectivity index (χ4v) is 2.69. The standard InChI is InChI=1S/C15H20F3N/c1-10(2)19-9-11-8-14(11,3)12-6-4-5-7-13(12)15(16,17)18/h4-7,10-11,19H,8-9H2,1-3H3. The average Bonchev–Trinajstić information content (AvgIpc) is 2.98. The van der Waals surface area contributed by atoms with Gasteiger partial charge in [-0.3, -0.25) is 0 Å². The number of alkyl halides is 3. The van der Waals surface area contributed by atoms with Gasteiger partial charge in [0, 0.05) is 6.04 Å². The quantitative estimate of drug-likeness (QED) is 0.873. The van der Waals surface area contributed by atoms with Crippen LogP contribution in [0.25, 0.3) is 0 Å². The Morgan fingerprint density at radius 1 is 1.32 bits per heavy atom. The first-order valence-electron chi connectivity index (χ1n) is 6.65. The molecule has 4 heteroatoms. The summed E-state index contributed by atoms with van der Waals surface area (Å²) in [5, 5.41) is 3.31. The maximum Gasteiger partial charge on any atom is 0.416 e. The Labute approximate surface area is 112 Å². The second-order valence-corrected chi connectivity index (χ2v) is 5.92. The molecule has 1 fully saturated rings. The summed E-state index contributed by atoms with van der Waals surface area (Å²) in [7, 11) is 0. The van der Waals surface area contributed by atoms with Crippen LogP contribution < -0.4 is 5.32 Å². The lowest BCUT2D eigenvalue weighted by atomic mass is 9.90. The van der Waals surface area contributed by atoms with Crippen molar-refractivity contribution in [2.45, 2.75) is 44.8 Å². The first-order chi connectivity index (χ1) is 8.75. The first kappa shape index (κ1) is 14.4. The van der Waals surface area contributed by atoms with Crippen LogP contribution in [0.4, 0.5) is 13.2 Å². The summed E-state index contributed by atoms with van der Waals surface area (Å²) in [5.74, 6) is 0.290. The maximum absolute atomic E-state index is 13.0. The SMILES string of the molecule is CC(C)NCC1CC1(C)c1ccccc1C(F)(F)F. The largest absolute Gasteiger partial charge is 0.416 e. The second-order valence-electron chi connectivity index (χ2n) is 5.92. The van der Waals surface area contributed by atoms with Crippen molar-refractivity contribution >= 4 is 0 Å². The number of benzene rings is 1. The molecule has 1 saturated carbocycles. The maximum atomic E-state index is 13.0. The zero-order valence-electron chi connectivity index (χ0n) is 11.5. The van der Waals surface area contributed by atoms with Gasteiger partial charge in [-0.25, -0.2) is 0 Å². The van der Waals surface area contributed by atoms with Crippen LogP contribution >= 0.6 is 0 Å². The van der Waals surface area contributed by atoms with Crippen LogP contribution in [-0.4, -0.2) is 12.6 Å². The Hall–Kier alpha value is -1.03. The van der Waals surface area contributed by atoms with E-state index >= 15 is 0 Å². The lowest BCUT2D eigenvalue weighted by molar-refractivity contribution is -0.138. The molecule has 1 aliphatic rings. The van der Waals surface area contributed by atoms with Crippen LogP contribution in [0.2, 0.25) is 0 Å². The van der Waals surface area contributed by atoms with Gasteiger partial charge in [0.1, 0.15) is 0 Å². The minimum Gasteiger partial charge on any atom is -0.314 e. The van der Waals surface area contributed by atoms with E-state index in [2.05, 4.69) is 5.32 Å². The zero-order chi connectivity index (χ0) is 14.3. The monoisotopic (exact) mass is 271 g/mol. The van der Waals surface area contributed by atoms with Crippen LogP contribution in [0.1, 0.15) is 38.3 Å². The second kappa shape index (κ2) is 4.82. The molecule has 1 aromatic carbocycles. The molecular weight excluding hydrogens is 251 g/mol. The van der Waals surface area contributed by atoms with Gasteiger partial charge in [-0.05, 0) is 35.9 Å². The van der Waals surface area contributed by atoms with Crippen molar-refractivity contribution in [2.24, 2.45) is 5.92 Å². The molecular formula is C15H20F3N. The minimum atomic E-state index is -4.27. The molecule has 1 nitrogen and oxygen atoms in total. The molecule has 2 unspecified atom stereocenters. The highest BCUT2D eigenvalue weighted by Gasteiger charge is 2.53. The molecule has 0 saturated heterocycles. The van der Waals surface area contributed by atoms with Crippen molar-refractivity contribution in [2.75, 3.05) is 6.54 Å². The fraction of sp³-hybridized carbons (Fsp3) is 0.600. The Kier molecular flexibility index (Phi) is 3.65. The van der Waals surface area contributed by atoms with E-state index in [-0.39, 0.29) is 5.41 Å². The summed E-state index contributed by atoms with van der Waals surface area (Å²) in [5.41, 5.74) is -0.379. The Morgan fingerprint density at radius 2 is 1.95 bits per heavy atom. The lowest BCUT2D eigenvalue weighted by Gasteiger charge is -2.19. The molecule has 19 heavy (non-hydrogen) atoms. The van der Waals surface area contributed by atoms with E-state index in [0.717, 1.165) is 13.0 Å². The molecule has 1 aliphatic carbocycles. The van der Waals surface area contributed by atoms with Gasteiger partial charge < -0.3 is 5.32 Å². The summed E-state index contributed by atoms with van der Waals surface area (Å²) < 4.78 is 39.1. The van der Waals surface area contributed by atoms with Crippen LogP contribution in [0.5, 0.6) is 0 Å². The summed E-state index contributed by atoms with van der Waals surface area (Å²) in [6.07, 6.45) is -3.45. The van der Waals surface area contributed by atoms with Crippen LogP contribution in [0, 0.1) is 5.92 Å². The fourth-order valence-electron chi connectivity index (χ4n) is 2.69. The van der Waals surface area contributed by atoms with Gasteiger partial charge in [-0.1, -0.05) is 39.0 Å². The van der Waals surface area contributed by atoms with Crippen molar-refractivity contribution in [3.05, 3.63) is 35.4 Å². The number of hydrogen-bond acceptors (Lipinski definition) is 1. The van der Waals surface area contributed by atoms with Gasteiger partial charge in [-0.2, -0.15) is 13.2 Å². The smallest absolute Gasteiger partial charge is 0.314 e. The molecule has 2 rings (SSSR count). The third-order valence-corrected chi connectivity index (χ3v) is 4.03. The molecule has 0 aromatic heterocycles. The van der Waals surface area contributed by atoms with E-state index in [9.17, 15) is 13.2 Å².